The van der Waals surface area contributed by atoms with Gasteiger partial charge in [0, 0.05) is 39.4 Å². The van der Waals surface area contributed by atoms with Crippen molar-refractivity contribution in [2.75, 3.05) is 34.9 Å². The molecule has 1 aromatic carbocycles. The monoisotopic (exact) mass is 784 g/mol. The van der Waals surface area contributed by atoms with Crippen LogP contribution in [0.4, 0.5) is 0 Å². The minimum Gasteiger partial charge on any atom is -0.379 e. The number of hydrogen-bond acceptors (Lipinski definition) is 9. The van der Waals surface area contributed by atoms with Crippen LogP contribution in [0, 0.1) is 23.7 Å². The summed E-state index contributed by atoms with van der Waals surface area (Å²) in [5, 5.41) is 12.1. The Hall–Kier alpha value is -3.39. The fraction of sp³-hybridized carbons (Fsp3) is 0.690. The second-order valence-electron chi connectivity index (χ2n) is 15.6. The van der Waals surface area contributed by atoms with Gasteiger partial charge in [-0.05, 0) is 49.6 Å². The fourth-order valence-electron chi connectivity index (χ4n) is 7.98. The Morgan fingerprint density at radius 3 is 2.16 bits per heavy atom. The number of thiazole rings is 1. The molecule has 0 spiro atoms. The van der Waals surface area contributed by atoms with Gasteiger partial charge in [-0.15, -0.1) is 11.3 Å². The molecule has 3 rings (SSSR count). The second kappa shape index (κ2) is 22.4. The van der Waals surface area contributed by atoms with Crippen molar-refractivity contribution in [2.45, 2.75) is 129 Å². The molecule has 13 heteroatoms. The number of rotatable bonds is 22. The molecule has 55 heavy (non-hydrogen) atoms. The van der Waals surface area contributed by atoms with Gasteiger partial charge >= 0.3 is 0 Å². The first-order valence-electron chi connectivity index (χ1n) is 20.1. The number of benzene rings is 1. The van der Waals surface area contributed by atoms with E-state index in [1.807, 2.05) is 75.2 Å². The Bertz CT molecular complexity index is 1480. The van der Waals surface area contributed by atoms with Crippen molar-refractivity contribution in [1.82, 2.24) is 30.7 Å². The third kappa shape index (κ3) is 12.1. The smallest absolute Gasteiger partial charge is 0.245 e. The van der Waals surface area contributed by atoms with E-state index in [0.717, 1.165) is 23.4 Å². The Balaban J connectivity index is 1.80. The number of likely N-dealkylation sites (N-methyl/N-ethyl adjacent to an activating group) is 2. The molecule has 12 nitrogen and oxygen atoms in total. The molecular weight excluding hydrogens is 717 g/mol. The van der Waals surface area contributed by atoms with E-state index in [1.165, 1.54) is 11.3 Å². The van der Waals surface area contributed by atoms with E-state index in [9.17, 15) is 19.2 Å². The average molecular weight is 785 g/mol. The molecule has 1 aliphatic rings. The highest BCUT2D eigenvalue weighted by atomic mass is 32.1. The van der Waals surface area contributed by atoms with Gasteiger partial charge in [-0.3, -0.25) is 19.2 Å². The summed E-state index contributed by atoms with van der Waals surface area (Å²) in [6, 6.07) is 7.79. The Morgan fingerprint density at radius 2 is 1.62 bits per heavy atom. The van der Waals surface area contributed by atoms with Gasteiger partial charge in [-0.25, -0.2) is 4.98 Å². The van der Waals surface area contributed by atoms with Crippen LogP contribution in [0.25, 0.3) is 0 Å². The van der Waals surface area contributed by atoms with Gasteiger partial charge in [0.1, 0.15) is 11.0 Å². The molecule has 308 valence electrons. The van der Waals surface area contributed by atoms with Crippen molar-refractivity contribution in [2.24, 2.45) is 23.7 Å². The van der Waals surface area contributed by atoms with Gasteiger partial charge in [0.2, 0.25) is 23.6 Å². The van der Waals surface area contributed by atoms with Gasteiger partial charge in [0.05, 0.1) is 48.7 Å². The van der Waals surface area contributed by atoms with Crippen LogP contribution in [0.15, 0.2) is 41.9 Å². The Kier molecular flexibility index (Phi) is 18.7. The zero-order valence-electron chi connectivity index (χ0n) is 35.0. The lowest BCUT2D eigenvalue weighted by Gasteiger charge is -2.41. The van der Waals surface area contributed by atoms with Crippen LogP contribution in [0.1, 0.15) is 97.2 Å². The summed E-state index contributed by atoms with van der Waals surface area (Å²) < 4.78 is 12.1. The van der Waals surface area contributed by atoms with E-state index < -0.39 is 36.3 Å². The molecule has 1 unspecified atom stereocenters. The molecule has 0 saturated carbocycles. The summed E-state index contributed by atoms with van der Waals surface area (Å²) in [6.45, 7) is 14.4. The molecule has 1 aliphatic heterocycles. The number of hydrogen-bond donors (Lipinski definition) is 3. The minimum atomic E-state index is -0.738. The zero-order chi connectivity index (χ0) is 40.8. The molecule has 0 radical (unpaired) electrons. The molecule has 2 heterocycles. The maximum atomic E-state index is 14.3. The quantitative estimate of drug-likeness (QED) is 0.147. The Labute approximate surface area is 333 Å². The summed E-state index contributed by atoms with van der Waals surface area (Å²) in [6.07, 6.45) is 4.19. The van der Waals surface area contributed by atoms with E-state index in [2.05, 4.69) is 34.8 Å². The van der Waals surface area contributed by atoms with Gasteiger partial charge in [0.15, 0.2) is 0 Å². The van der Waals surface area contributed by atoms with Crippen LogP contribution >= 0.6 is 11.3 Å². The van der Waals surface area contributed by atoms with Crippen LogP contribution in [-0.2, 0) is 35.1 Å². The summed E-state index contributed by atoms with van der Waals surface area (Å²) >= 11 is 1.51. The summed E-state index contributed by atoms with van der Waals surface area (Å²) in [5.74, 6) is -1.33. The molecule has 4 amide bonds. The molecule has 1 fully saturated rings. The molecule has 2 aromatic rings. The average Bonchev–Trinajstić information content (AvgIpc) is 3.90. The first kappa shape index (κ1) is 46.0. The molecule has 3 N–H and O–H groups in total. The number of likely N-dealkylation sites (tertiary alicyclic amines) is 1. The Morgan fingerprint density at radius 1 is 0.945 bits per heavy atom. The van der Waals surface area contributed by atoms with Crippen molar-refractivity contribution in [1.29, 1.82) is 0 Å². The first-order chi connectivity index (χ1) is 26.2. The highest BCUT2D eigenvalue weighted by Gasteiger charge is 2.43. The third-order valence-corrected chi connectivity index (χ3v) is 12.5. The van der Waals surface area contributed by atoms with E-state index in [0.29, 0.717) is 25.8 Å². The highest BCUT2D eigenvalue weighted by molar-refractivity contribution is 7.09. The van der Waals surface area contributed by atoms with Crippen LogP contribution in [-0.4, -0.2) is 110 Å². The standard InChI is InChI=1S/C42H68N6O6S/c1-12-27(5)36(46-40(51)35(43-8)26(3)4)42(52)47(9)37(28(6)13-2)33(53-10)25-34(49)48-22-17-20-32(48)38(54-11)29(7)39(50)45-31(41-44-21-23-55-41)24-30-18-15-14-16-19-30/h14-16,18-19,21,23,26-29,31-33,35-38,43H,12-13,17,20,22,24-25H2,1-11H3,(H,45,50)(H,46,51)/t27-,28+,29-,31+,32+,33-,35+,36+,37?,38-/m1/s1. The maximum absolute atomic E-state index is 14.3. The van der Waals surface area contributed by atoms with Crippen molar-refractivity contribution in [3.05, 3.63) is 52.5 Å². The number of ether oxygens (including phenoxy) is 2. The molecule has 1 saturated heterocycles. The van der Waals surface area contributed by atoms with Crippen molar-refractivity contribution < 1.29 is 28.7 Å². The topological polar surface area (TPSA) is 142 Å². The van der Waals surface area contributed by atoms with Crippen molar-refractivity contribution in [3.63, 3.8) is 0 Å². The molecule has 1 aromatic heterocycles. The van der Waals surface area contributed by atoms with Crippen molar-refractivity contribution in [3.8, 4) is 0 Å². The van der Waals surface area contributed by atoms with E-state index >= 15 is 0 Å². The molecular formula is C42H68N6O6S. The summed E-state index contributed by atoms with van der Waals surface area (Å²) in [5.41, 5.74) is 1.09. The first-order valence-corrected chi connectivity index (χ1v) is 20.9. The lowest BCUT2D eigenvalue weighted by atomic mass is 9.89. The number of amides is 4. The van der Waals surface area contributed by atoms with E-state index in [4.69, 9.17) is 9.47 Å². The van der Waals surface area contributed by atoms with Crippen LogP contribution in [0.3, 0.4) is 0 Å². The van der Waals surface area contributed by atoms with Crippen LogP contribution in [0.5, 0.6) is 0 Å². The zero-order valence-corrected chi connectivity index (χ0v) is 35.9. The second-order valence-corrected chi connectivity index (χ2v) is 16.5. The van der Waals surface area contributed by atoms with Crippen molar-refractivity contribution >= 4 is 35.0 Å². The lowest BCUT2D eigenvalue weighted by Crippen LogP contribution is -2.60. The predicted octanol–water partition coefficient (Wildman–Crippen LogP) is 5.24. The van der Waals surface area contributed by atoms with Gasteiger partial charge < -0.3 is 35.2 Å². The summed E-state index contributed by atoms with van der Waals surface area (Å²) in [4.78, 5) is 63.9. The molecule has 0 aliphatic carbocycles. The highest BCUT2D eigenvalue weighted by Crippen LogP contribution is 2.30. The number of carbonyl (C=O) groups is 4. The fourth-order valence-corrected chi connectivity index (χ4v) is 8.67. The number of aromatic nitrogens is 1. The largest absolute Gasteiger partial charge is 0.379 e. The van der Waals surface area contributed by atoms with Gasteiger partial charge in [0.25, 0.3) is 0 Å². The summed E-state index contributed by atoms with van der Waals surface area (Å²) in [7, 11) is 6.69. The van der Waals surface area contributed by atoms with Crippen LogP contribution < -0.4 is 16.0 Å². The van der Waals surface area contributed by atoms with E-state index in [1.54, 1.807) is 39.4 Å². The SMILES string of the molecule is CC[C@@H](C)[C@H](NC(=O)[C@@H](NC)C(C)C)C(=O)N(C)C([C@@H](C)CC)[C@@H](CC(=O)N1CCC[C@H]1[C@H](OC)[C@@H](C)C(=O)N[C@@H](Cc1ccccc1)c1nccs1)OC. The molecule has 0 bridgehead atoms. The normalized spacial score (nSPS) is 19.4. The maximum Gasteiger partial charge on any atom is 0.245 e. The van der Waals surface area contributed by atoms with E-state index in [-0.39, 0.29) is 59.9 Å². The number of carbonyl (C=O) groups excluding carboxylic acids is 4. The number of nitrogens with one attached hydrogen (secondary N) is 3. The van der Waals surface area contributed by atoms with Gasteiger partial charge in [-0.1, -0.05) is 91.6 Å². The minimum absolute atomic E-state index is 0.00723. The molecule has 10 atom stereocenters. The van der Waals surface area contributed by atoms with Crippen LogP contribution in [0.2, 0.25) is 0 Å². The third-order valence-electron chi connectivity index (χ3n) is 11.6. The number of methoxy groups -OCH3 is 2. The number of nitrogens with zero attached hydrogens (tertiary/aromatic N) is 3. The predicted molar refractivity (Wildman–Crippen MR) is 218 cm³/mol. The van der Waals surface area contributed by atoms with Gasteiger partial charge in [-0.2, -0.15) is 0 Å². The lowest BCUT2D eigenvalue weighted by molar-refractivity contribution is -0.148.